The number of carbonyl (C=O) groups is 1. The third kappa shape index (κ3) is 5.53. The van der Waals surface area contributed by atoms with Gasteiger partial charge in [0.15, 0.2) is 5.11 Å². The zero-order chi connectivity index (χ0) is 10.5. The largest absolute Gasteiger partial charge is 0.401 e. The van der Waals surface area contributed by atoms with Gasteiger partial charge in [-0.3, -0.25) is 15.6 Å². The van der Waals surface area contributed by atoms with Crippen LogP contribution in [0.15, 0.2) is 0 Å². The summed E-state index contributed by atoms with van der Waals surface area (Å²) >= 11 is 8.96. The highest BCUT2D eigenvalue weighted by molar-refractivity contribution is 7.80. The second-order valence-electron chi connectivity index (χ2n) is 1.94. The molecule has 13 heavy (non-hydrogen) atoms. The number of hydrogen-bond donors (Lipinski definition) is 3. The molecule has 76 valence electrons. The summed E-state index contributed by atoms with van der Waals surface area (Å²) in [4.78, 5) is 10.4. The first-order chi connectivity index (χ1) is 5.88. The molecule has 0 spiro atoms. The van der Waals surface area contributed by atoms with Crippen molar-refractivity contribution in [1.29, 1.82) is 0 Å². The molecule has 0 saturated carbocycles. The molecule has 0 radical (unpaired) electrons. The Hall–Kier alpha value is -0.690. The Morgan fingerprint density at radius 2 is 2.08 bits per heavy atom. The SMILES string of the molecule is CCNC(=S)NNC(=O)C(F)(F)Cl. The van der Waals surface area contributed by atoms with Crippen LogP contribution in [0.5, 0.6) is 0 Å². The molecule has 4 nitrogen and oxygen atoms in total. The molecular weight excluding hydrogens is 224 g/mol. The third-order valence-corrected chi connectivity index (χ3v) is 1.30. The van der Waals surface area contributed by atoms with Crippen LogP contribution in [0.25, 0.3) is 0 Å². The summed E-state index contributed by atoms with van der Waals surface area (Å²) in [5.74, 6) is -1.66. The van der Waals surface area contributed by atoms with Gasteiger partial charge in [-0.15, -0.1) is 0 Å². The number of alkyl halides is 3. The van der Waals surface area contributed by atoms with E-state index in [1.807, 2.05) is 5.43 Å². The van der Waals surface area contributed by atoms with E-state index in [4.69, 9.17) is 0 Å². The van der Waals surface area contributed by atoms with Crippen LogP contribution in [0.4, 0.5) is 8.78 Å². The van der Waals surface area contributed by atoms with Crippen LogP contribution in [0, 0.1) is 0 Å². The molecule has 0 aliphatic carbocycles. The number of amides is 1. The van der Waals surface area contributed by atoms with Gasteiger partial charge < -0.3 is 5.32 Å². The first kappa shape index (κ1) is 12.3. The second kappa shape index (κ2) is 5.13. The molecular formula is C5H8ClF2N3OS. The molecule has 0 rings (SSSR count). The van der Waals surface area contributed by atoms with Gasteiger partial charge in [0.25, 0.3) is 0 Å². The molecule has 0 saturated heterocycles. The smallest absolute Gasteiger partial charge is 0.362 e. The Labute approximate surface area is 84.0 Å². The molecule has 0 atom stereocenters. The Morgan fingerprint density at radius 1 is 1.54 bits per heavy atom. The van der Waals surface area contributed by atoms with Crippen LogP contribution in [-0.4, -0.2) is 22.9 Å². The van der Waals surface area contributed by atoms with Crippen LogP contribution < -0.4 is 16.2 Å². The van der Waals surface area contributed by atoms with E-state index in [1.165, 1.54) is 0 Å². The quantitative estimate of drug-likeness (QED) is 0.364. The highest BCUT2D eigenvalue weighted by Crippen LogP contribution is 2.17. The van der Waals surface area contributed by atoms with Gasteiger partial charge in [0.05, 0.1) is 0 Å². The van der Waals surface area contributed by atoms with Gasteiger partial charge >= 0.3 is 11.3 Å². The molecule has 1 amide bonds. The summed E-state index contributed by atoms with van der Waals surface area (Å²) in [6.45, 7) is 2.27. The van der Waals surface area contributed by atoms with Crippen molar-refractivity contribution in [1.82, 2.24) is 16.2 Å². The fraction of sp³-hybridized carbons (Fsp3) is 0.600. The lowest BCUT2D eigenvalue weighted by Gasteiger charge is -2.11. The molecule has 8 heteroatoms. The Morgan fingerprint density at radius 3 is 2.46 bits per heavy atom. The molecule has 0 unspecified atom stereocenters. The molecule has 3 N–H and O–H groups in total. The van der Waals surface area contributed by atoms with Gasteiger partial charge in [-0.05, 0) is 30.7 Å². The highest BCUT2D eigenvalue weighted by Gasteiger charge is 2.35. The molecule has 0 fully saturated rings. The van der Waals surface area contributed by atoms with Crippen molar-refractivity contribution < 1.29 is 13.6 Å². The van der Waals surface area contributed by atoms with E-state index in [0.717, 1.165) is 0 Å². The summed E-state index contributed by atoms with van der Waals surface area (Å²) in [5.41, 5.74) is 3.68. The lowest BCUT2D eigenvalue weighted by molar-refractivity contribution is -0.136. The second-order valence-corrected chi connectivity index (χ2v) is 2.82. The van der Waals surface area contributed by atoms with Crippen molar-refractivity contribution in [2.24, 2.45) is 0 Å². The fourth-order valence-corrected chi connectivity index (χ4v) is 0.632. The van der Waals surface area contributed by atoms with Gasteiger partial charge in [-0.25, -0.2) is 0 Å². The molecule has 0 aromatic heterocycles. The van der Waals surface area contributed by atoms with Crippen LogP contribution in [0.3, 0.4) is 0 Å². The first-order valence-electron chi connectivity index (χ1n) is 3.29. The lowest BCUT2D eigenvalue weighted by atomic mass is 10.6. The van der Waals surface area contributed by atoms with Gasteiger partial charge in [0.2, 0.25) is 0 Å². The van der Waals surface area contributed by atoms with Crippen LogP contribution in [-0.2, 0) is 4.79 Å². The van der Waals surface area contributed by atoms with Crippen LogP contribution in [0.1, 0.15) is 6.92 Å². The maximum Gasteiger partial charge on any atom is 0.401 e. The van der Waals surface area contributed by atoms with E-state index >= 15 is 0 Å². The number of nitrogens with one attached hydrogen (secondary N) is 3. The Kier molecular flexibility index (Phi) is 4.86. The van der Waals surface area contributed by atoms with E-state index < -0.39 is 11.3 Å². The molecule has 0 bridgehead atoms. The normalized spacial score (nSPS) is 10.5. The Balaban J connectivity index is 3.77. The van der Waals surface area contributed by atoms with E-state index in [-0.39, 0.29) is 5.11 Å². The first-order valence-corrected chi connectivity index (χ1v) is 4.07. The van der Waals surface area contributed by atoms with Crippen LogP contribution >= 0.6 is 23.8 Å². The summed E-state index contributed by atoms with van der Waals surface area (Å²) in [7, 11) is 0. The molecule has 0 aromatic carbocycles. The summed E-state index contributed by atoms with van der Waals surface area (Å²) in [6, 6.07) is 0. The minimum atomic E-state index is -3.94. The number of halogens is 3. The maximum absolute atomic E-state index is 12.0. The fourth-order valence-electron chi connectivity index (χ4n) is 0.389. The van der Waals surface area contributed by atoms with Gasteiger partial charge in [0, 0.05) is 6.54 Å². The van der Waals surface area contributed by atoms with Crippen LogP contribution in [0.2, 0.25) is 0 Å². The Bertz CT molecular complexity index is 208. The minimum absolute atomic E-state index is 0.0387. The molecule has 0 aliphatic rings. The highest BCUT2D eigenvalue weighted by atomic mass is 35.5. The topological polar surface area (TPSA) is 53.2 Å². The van der Waals surface area contributed by atoms with E-state index in [0.29, 0.717) is 6.54 Å². The minimum Gasteiger partial charge on any atom is -0.362 e. The van der Waals surface area contributed by atoms with Gasteiger partial charge in [0.1, 0.15) is 0 Å². The predicted molar refractivity (Wildman–Crippen MR) is 48.4 cm³/mol. The van der Waals surface area contributed by atoms with Crippen molar-refractivity contribution in [3.63, 3.8) is 0 Å². The standard InChI is InChI=1S/C5H8ClF2N3OS/c1-2-9-4(13)11-10-3(12)5(6,7)8/h2H2,1H3,(H,10,12)(H2,9,11,13). The summed E-state index contributed by atoms with van der Waals surface area (Å²) in [6.07, 6.45) is 0. The van der Waals surface area contributed by atoms with Crippen molar-refractivity contribution in [3.8, 4) is 0 Å². The van der Waals surface area contributed by atoms with Crippen molar-refractivity contribution >= 4 is 34.8 Å². The zero-order valence-electron chi connectivity index (χ0n) is 6.66. The van der Waals surface area contributed by atoms with E-state index in [2.05, 4.69) is 29.1 Å². The van der Waals surface area contributed by atoms with Crippen molar-refractivity contribution in [2.75, 3.05) is 6.54 Å². The maximum atomic E-state index is 12.0. The lowest BCUT2D eigenvalue weighted by Crippen LogP contribution is -2.50. The third-order valence-electron chi connectivity index (χ3n) is 0.884. The zero-order valence-corrected chi connectivity index (χ0v) is 8.23. The van der Waals surface area contributed by atoms with Crippen molar-refractivity contribution in [3.05, 3.63) is 0 Å². The number of hydrogen-bond acceptors (Lipinski definition) is 2. The monoisotopic (exact) mass is 231 g/mol. The van der Waals surface area contributed by atoms with Gasteiger partial charge in [-0.1, -0.05) is 0 Å². The number of thiocarbonyl (C=S) groups is 1. The summed E-state index contributed by atoms with van der Waals surface area (Å²) < 4.78 is 24.0. The average molecular weight is 232 g/mol. The molecule has 0 aromatic rings. The average Bonchev–Trinajstić information content (AvgIpc) is 1.99. The van der Waals surface area contributed by atoms with Gasteiger partial charge in [-0.2, -0.15) is 8.78 Å². The predicted octanol–water partition coefficient (Wildman–Crippen LogP) is 0.333. The number of rotatable bonds is 2. The molecule has 0 heterocycles. The molecule has 0 aliphatic heterocycles. The van der Waals surface area contributed by atoms with E-state index in [1.54, 1.807) is 12.3 Å². The van der Waals surface area contributed by atoms with E-state index in [9.17, 15) is 13.6 Å². The van der Waals surface area contributed by atoms with Crippen molar-refractivity contribution in [2.45, 2.75) is 12.3 Å². The number of hydrazine groups is 1. The summed E-state index contributed by atoms with van der Waals surface area (Å²) in [5, 5.41) is -1.33. The number of carbonyl (C=O) groups excluding carboxylic acids is 1.